The molecular formula is C23H14ClFN2O2S. The Hall–Kier alpha value is -3.22. The molecule has 0 N–H and O–H groups in total. The Kier molecular flexibility index (Phi) is 4.53. The van der Waals surface area contributed by atoms with Gasteiger partial charge in [0.25, 0.3) is 5.56 Å². The molecule has 30 heavy (non-hydrogen) atoms. The highest BCUT2D eigenvalue weighted by Crippen LogP contribution is 2.31. The number of benzene rings is 3. The maximum absolute atomic E-state index is 13.5. The Balaban J connectivity index is 1.90. The molecule has 2 aromatic heterocycles. The van der Waals surface area contributed by atoms with Crippen molar-refractivity contribution in [3.8, 4) is 5.69 Å². The van der Waals surface area contributed by atoms with Crippen molar-refractivity contribution < 1.29 is 4.39 Å². The summed E-state index contributed by atoms with van der Waals surface area (Å²) in [5.41, 5.74) is 0.755. The van der Waals surface area contributed by atoms with Gasteiger partial charge in [-0.05, 0) is 42.0 Å². The summed E-state index contributed by atoms with van der Waals surface area (Å²) in [4.78, 5) is 26.9. The fourth-order valence-electron chi connectivity index (χ4n) is 3.61. The van der Waals surface area contributed by atoms with Crippen molar-refractivity contribution >= 4 is 43.2 Å². The third-order valence-corrected chi connectivity index (χ3v) is 6.55. The third kappa shape index (κ3) is 2.96. The summed E-state index contributed by atoms with van der Waals surface area (Å²) in [6.07, 6.45) is 0. The molecule has 0 saturated carbocycles. The molecule has 5 aromatic rings. The average molecular weight is 437 g/mol. The van der Waals surface area contributed by atoms with Crippen LogP contribution in [0.4, 0.5) is 4.39 Å². The van der Waals surface area contributed by atoms with Crippen molar-refractivity contribution in [1.82, 2.24) is 9.13 Å². The normalized spacial score (nSPS) is 11.4. The Bertz CT molecular complexity index is 1530. The minimum Gasteiger partial charge on any atom is -0.287 e. The topological polar surface area (TPSA) is 44.0 Å². The summed E-state index contributed by atoms with van der Waals surface area (Å²) in [6.45, 7) is 0.206. The Labute approximate surface area is 179 Å². The molecule has 0 radical (unpaired) electrons. The number of rotatable bonds is 3. The van der Waals surface area contributed by atoms with Gasteiger partial charge in [-0.3, -0.25) is 9.36 Å². The van der Waals surface area contributed by atoms with Crippen LogP contribution in [-0.2, 0) is 6.54 Å². The van der Waals surface area contributed by atoms with Crippen molar-refractivity contribution in [3.05, 3.63) is 110 Å². The third-order valence-electron chi connectivity index (χ3n) is 5.03. The molecule has 7 heteroatoms. The summed E-state index contributed by atoms with van der Waals surface area (Å²) < 4.78 is 17.5. The maximum atomic E-state index is 13.5. The highest BCUT2D eigenvalue weighted by atomic mass is 35.5. The van der Waals surface area contributed by atoms with Crippen LogP contribution in [0.25, 0.3) is 26.0 Å². The van der Waals surface area contributed by atoms with E-state index in [1.807, 2.05) is 42.5 Å². The van der Waals surface area contributed by atoms with Gasteiger partial charge in [0.15, 0.2) is 0 Å². The van der Waals surface area contributed by atoms with Gasteiger partial charge in [0.05, 0.1) is 17.7 Å². The Morgan fingerprint density at radius 1 is 0.900 bits per heavy atom. The fraction of sp³-hybridized carbons (Fsp3) is 0.0435. The molecular weight excluding hydrogens is 423 g/mol. The minimum absolute atomic E-state index is 0.206. The van der Waals surface area contributed by atoms with E-state index < -0.39 is 17.1 Å². The molecule has 2 heterocycles. The first-order chi connectivity index (χ1) is 14.5. The van der Waals surface area contributed by atoms with Gasteiger partial charge in [0.2, 0.25) is 0 Å². The summed E-state index contributed by atoms with van der Waals surface area (Å²) in [5, 5.41) is 1.38. The Morgan fingerprint density at radius 2 is 1.60 bits per heavy atom. The average Bonchev–Trinajstić information content (AvgIpc) is 3.14. The number of hydrogen-bond acceptors (Lipinski definition) is 3. The molecule has 0 spiro atoms. The van der Waals surface area contributed by atoms with E-state index in [-0.39, 0.29) is 6.54 Å². The van der Waals surface area contributed by atoms with E-state index in [0.29, 0.717) is 20.9 Å². The minimum atomic E-state index is -0.498. The fourth-order valence-corrected chi connectivity index (χ4v) is 4.94. The van der Waals surface area contributed by atoms with Crippen LogP contribution in [0.2, 0.25) is 5.02 Å². The number of thiophene rings is 1. The molecule has 0 aliphatic carbocycles. The van der Waals surface area contributed by atoms with Crippen LogP contribution in [0.3, 0.4) is 0 Å². The smallest absolute Gasteiger partial charge is 0.287 e. The number of fused-ring (bicyclic) bond motifs is 3. The lowest BCUT2D eigenvalue weighted by atomic mass is 10.2. The van der Waals surface area contributed by atoms with Gasteiger partial charge in [-0.1, -0.05) is 48.0 Å². The van der Waals surface area contributed by atoms with Gasteiger partial charge in [-0.15, -0.1) is 11.3 Å². The van der Waals surface area contributed by atoms with Gasteiger partial charge in [-0.2, -0.15) is 0 Å². The van der Waals surface area contributed by atoms with E-state index in [4.69, 9.17) is 11.6 Å². The summed E-state index contributed by atoms with van der Waals surface area (Å²) in [6, 6.07) is 20.2. The molecule has 5 rings (SSSR count). The summed E-state index contributed by atoms with van der Waals surface area (Å²) in [7, 11) is 0. The lowest BCUT2D eigenvalue weighted by molar-refractivity contribution is 0.626. The quantitative estimate of drug-likeness (QED) is 0.390. The van der Waals surface area contributed by atoms with E-state index in [2.05, 4.69) is 0 Å². The van der Waals surface area contributed by atoms with Gasteiger partial charge in [-0.25, -0.2) is 13.8 Å². The predicted octanol–water partition coefficient (Wildman–Crippen LogP) is 5.21. The van der Waals surface area contributed by atoms with E-state index in [0.717, 1.165) is 20.2 Å². The van der Waals surface area contributed by atoms with Crippen molar-refractivity contribution in [2.45, 2.75) is 6.54 Å². The van der Waals surface area contributed by atoms with E-state index in [1.165, 1.54) is 35.6 Å². The molecule has 3 aromatic carbocycles. The predicted molar refractivity (Wildman–Crippen MR) is 120 cm³/mol. The molecule has 0 aliphatic heterocycles. The largest absolute Gasteiger partial charge is 0.336 e. The molecule has 0 amide bonds. The van der Waals surface area contributed by atoms with Gasteiger partial charge < -0.3 is 0 Å². The van der Waals surface area contributed by atoms with E-state index in [1.54, 1.807) is 10.6 Å². The zero-order chi connectivity index (χ0) is 20.8. The number of nitrogens with zero attached hydrogens (tertiary/aromatic N) is 2. The van der Waals surface area contributed by atoms with Crippen LogP contribution in [-0.4, -0.2) is 9.13 Å². The van der Waals surface area contributed by atoms with Gasteiger partial charge in [0.1, 0.15) is 10.5 Å². The zero-order valence-electron chi connectivity index (χ0n) is 15.5. The zero-order valence-corrected chi connectivity index (χ0v) is 17.1. The van der Waals surface area contributed by atoms with Crippen LogP contribution in [0.5, 0.6) is 0 Å². The van der Waals surface area contributed by atoms with Gasteiger partial charge in [0, 0.05) is 15.1 Å². The first kappa shape index (κ1) is 18.8. The molecule has 0 aliphatic rings. The molecule has 0 saturated heterocycles. The number of hydrogen-bond donors (Lipinski definition) is 0. The standard InChI is InChI=1S/C23H14ClFN2O2S/c24-18-7-3-1-5-14(18)13-26-20-17-6-2-4-8-19(17)30-21(20)22(28)27(23(26)29)16-11-9-15(25)10-12-16/h1-12H,13H2. The maximum Gasteiger partial charge on any atom is 0.336 e. The highest BCUT2D eigenvalue weighted by Gasteiger charge is 2.19. The monoisotopic (exact) mass is 436 g/mol. The molecule has 0 atom stereocenters. The van der Waals surface area contributed by atoms with Crippen LogP contribution < -0.4 is 11.2 Å². The van der Waals surface area contributed by atoms with Crippen LogP contribution >= 0.6 is 22.9 Å². The molecule has 4 nitrogen and oxygen atoms in total. The highest BCUT2D eigenvalue weighted by molar-refractivity contribution is 7.25. The molecule has 0 bridgehead atoms. The van der Waals surface area contributed by atoms with Crippen molar-refractivity contribution in [3.63, 3.8) is 0 Å². The van der Waals surface area contributed by atoms with E-state index in [9.17, 15) is 14.0 Å². The van der Waals surface area contributed by atoms with E-state index >= 15 is 0 Å². The van der Waals surface area contributed by atoms with Crippen molar-refractivity contribution in [1.29, 1.82) is 0 Å². The second kappa shape index (κ2) is 7.23. The second-order valence-corrected chi connectivity index (χ2v) is 8.31. The Morgan fingerprint density at radius 3 is 2.37 bits per heavy atom. The van der Waals surface area contributed by atoms with Crippen LogP contribution in [0.1, 0.15) is 5.56 Å². The summed E-state index contributed by atoms with van der Waals surface area (Å²) in [5.74, 6) is -0.439. The SMILES string of the molecule is O=c1c2sc3ccccc3c2n(Cc2ccccc2Cl)c(=O)n1-c1ccc(F)cc1. The van der Waals surface area contributed by atoms with Crippen LogP contribution in [0.15, 0.2) is 82.4 Å². The number of halogens is 2. The van der Waals surface area contributed by atoms with Crippen molar-refractivity contribution in [2.75, 3.05) is 0 Å². The molecule has 0 unspecified atom stereocenters. The molecule has 148 valence electrons. The lowest BCUT2D eigenvalue weighted by Gasteiger charge is -2.13. The summed E-state index contributed by atoms with van der Waals surface area (Å²) >= 11 is 7.69. The van der Waals surface area contributed by atoms with Gasteiger partial charge >= 0.3 is 5.69 Å². The first-order valence-corrected chi connectivity index (χ1v) is 10.4. The number of aromatic nitrogens is 2. The second-order valence-electron chi connectivity index (χ2n) is 6.85. The van der Waals surface area contributed by atoms with Crippen molar-refractivity contribution in [2.24, 2.45) is 0 Å². The first-order valence-electron chi connectivity index (χ1n) is 9.21. The molecule has 0 fully saturated rings. The van der Waals surface area contributed by atoms with Crippen LogP contribution in [0, 0.1) is 5.82 Å². The lowest BCUT2D eigenvalue weighted by Crippen LogP contribution is -2.38.